The summed E-state index contributed by atoms with van der Waals surface area (Å²) in [4.78, 5) is 42.9. The van der Waals surface area contributed by atoms with E-state index in [9.17, 15) is 4.79 Å². The van der Waals surface area contributed by atoms with Gasteiger partial charge < -0.3 is 9.72 Å². The molecule has 0 unspecified atom stereocenters. The van der Waals surface area contributed by atoms with Crippen LogP contribution in [0.4, 0.5) is 0 Å². The third-order valence-corrected chi connectivity index (χ3v) is 12.9. The first-order chi connectivity index (χ1) is 24.5. The van der Waals surface area contributed by atoms with E-state index in [1.807, 2.05) is 36.4 Å². The zero-order chi connectivity index (χ0) is 33.9. The van der Waals surface area contributed by atoms with Crippen molar-refractivity contribution in [2.24, 2.45) is 0 Å². The van der Waals surface area contributed by atoms with E-state index in [1.54, 1.807) is 11.7 Å². The lowest BCUT2D eigenvalue weighted by Crippen LogP contribution is -2.42. The van der Waals surface area contributed by atoms with E-state index in [-0.39, 0.29) is 21.9 Å². The number of H-pyrrole nitrogens is 1. The largest absolute Gasteiger partial charge is 0.497 e. The number of fused-ring (bicyclic) bond motifs is 8. The van der Waals surface area contributed by atoms with Crippen molar-refractivity contribution in [3.8, 4) is 34.0 Å². The molecule has 3 aromatic carbocycles. The summed E-state index contributed by atoms with van der Waals surface area (Å²) >= 11 is 1.46. The summed E-state index contributed by atoms with van der Waals surface area (Å²) < 4.78 is 7.25. The van der Waals surface area contributed by atoms with Gasteiger partial charge in [0.05, 0.1) is 41.1 Å². The summed E-state index contributed by atoms with van der Waals surface area (Å²) in [6.45, 7) is 0. The summed E-state index contributed by atoms with van der Waals surface area (Å²) in [5, 5.41) is 0.589. The van der Waals surface area contributed by atoms with Crippen LogP contribution < -0.4 is 15.9 Å². The normalized spacial score (nSPS) is 18.2. The number of hydrogen-bond acceptors (Lipinski definition) is 6. The highest BCUT2D eigenvalue weighted by atomic mass is 32.2. The highest BCUT2D eigenvalue weighted by molar-refractivity contribution is 7.98. The van der Waals surface area contributed by atoms with E-state index in [1.165, 1.54) is 35.7 Å². The number of aromatic nitrogens is 4. The van der Waals surface area contributed by atoms with Gasteiger partial charge in [-0.25, -0.2) is 9.97 Å². The Labute approximate surface area is 296 Å². The Bertz CT molecular complexity index is 2230. The van der Waals surface area contributed by atoms with E-state index in [0.717, 1.165) is 109 Å². The maximum atomic E-state index is 15.0. The SMILES string of the molecule is COc1ccc(-n2c(SCc3nc4c(c(=O)[nH]3)C3(CCCCC3)Cc3ccccc3-4)nc3c(c2=O)C2(CCCCC2)Cc2ccccc2-3)cc1. The smallest absolute Gasteiger partial charge is 0.263 e. The van der Waals surface area contributed by atoms with Gasteiger partial charge in [-0.1, -0.05) is 98.8 Å². The summed E-state index contributed by atoms with van der Waals surface area (Å²) in [6.07, 6.45) is 12.7. The maximum Gasteiger partial charge on any atom is 0.263 e. The molecule has 8 heteroatoms. The lowest BCUT2D eigenvalue weighted by Gasteiger charge is -2.42. The molecule has 0 saturated heterocycles. The summed E-state index contributed by atoms with van der Waals surface area (Å²) in [5.41, 5.74) is 8.34. The van der Waals surface area contributed by atoms with E-state index in [4.69, 9.17) is 14.7 Å². The monoisotopic (exact) mass is 682 g/mol. The fourth-order valence-electron chi connectivity index (χ4n) is 9.67. The molecule has 0 radical (unpaired) electrons. The van der Waals surface area contributed by atoms with Crippen molar-refractivity contribution >= 4 is 11.8 Å². The van der Waals surface area contributed by atoms with Gasteiger partial charge >= 0.3 is 0 Å². The first-order valence-electron chi connectivity index (χ1n) is 18.2. The molecule has 0 aliphatic heterocycles. The van der Waals surface area contributed by atoms with Crippen LogP contribution in [-0.4, -0.2) is 26.6 Å². The third-order valence-electron chi connectivity index (χ3n) is 12.0. The van der Waals surface area contributed by atoms with Gasteiger partial charge in [-0.15, -0.1) is 0 Å². The molecule has 0 bridgehead atoms. The molecule has 254 valence electrons. The second kappa shape index (κ2) is 12.4. The highest BCUT2D eigenvalue weighted by Gasteiger charge is 2.45. The van der Waals surface area contributed by atoms with Crippen molar-refractivity contribution in [3.05, 3.63) is 122 Å². The van der Waals surface area contributed by atoms with Gasteiger partial charge in [0.25, 0.3) is 11.1 Å². The summed E-state index contributed by atoms with van der Waals surface area (Å²) in [5.74, 6) is 1.69. The lowest BCUT2D eigenvalue weighted by atomic mass is 9.62. The average Bonchev–Trinajstić information content (AvgIpc) is 3.14. The molecule has 0 amide bonds. The first-order valence-corrected chi connectivity index (χ1v) is 19.2. The second-order valence-electron chi connectivity index (χ2n) is 14.8. The highest BCUT2D eigenvalue weighted by Crippen LogP contribution is 2.50. The van der Waals surface area contributed by atoms with Crippen molar-refractivity contribution in [1.82, 2.24) is 19.5 Å². The molecule has 9 rings (SSSR count). The minimum atomic E-state index is -0.225. The lowest BCUT2D eigenvalue weighted by molar-refractivity contribution is 0.283. The fourth-order valence-corrected chi connectivity index (χ4v) is 10.5. The predicted octanol–water partition coefficient (Wildman–Crippen LogP) is 8.47. The molecule has 2 fully saturated rings. The Morgan fingerprint density at radius 1 is 0.720 bits per heavy atom. The molecule has 5 aromatic rings. The van der Waals surface area contributed by atoms with Gasteiger partial charge in [-0.05, 0) is 73.9 Å². The van der Waals surface area contributed by atoms with Crippen molar-refractivity contribution < 1.29 is 4.74 Å². The number of aromatic amines is 1. The standard InChI is InChI=1S/C42H42N4O3S/c1-49-30-18-16-29(17-19-30)46-39(48)35-37(32-15-7-5-13-28(32)25-42(35)22-10-3-11-23-42)45-40(46)50-26-33-43-36-31-14-6-4-12-27(31)24-41(20-8-2-9-21-41)34(36)38(47)44-33/h4-7,12-19H,2-3,8-11,20-26H2,1H3,(H,43,44,47). The van der Waals surface area contributed by atoms with Crippen molar-refractivity contribution in [3.63, 3.8) is 0 Å². The third kappa shape index (κ3) is 5.09. The van der Waals surface area contributed by atoms with E-state index in [0.29, 0.717) is 16.7 Å². The zero-order valence-corrected chi connectivity index (χ0v) is 29.4. The number of thioether (sulfide) groups is 1. The molecule has 0 atom stereocenters. The Morgan fingerprint density at radius 2 is 1.28 bits per heavy atom. The van der Waals surface area contributed by atoms with Crippen LogP contribution >= 0.6 is 11.8 Å². The van der Waals surface area contributed by atoms with Gasteiger partial charge in [0.1, 0.15) is 11.6 Å². The van der Waals surface area contributed by atoms with Gasteiger partial charge in [-0.3, -0.25) is 14.2 Å². The molecular formula is C42H42N4O3S. The van der Waals surface area contributed by atoms with Gasteiger partial charge in [0, 0.05) is 22.0 Å². The van der Waals surface area contributed by atoms with Crippen LogP contribution in [0, 0.1) is 0 Å². The predicted molar refractivity (Wildman–Crippen MR) is 199 cm³/mol. The van der Waals surface area contributed by atoms with Crippen molar-refractivity contribution in [1.29, 1.82) is 0 Å². The molecule has 4 aliphatic rings. The van der Waals surface area contributed by atoms with Crippen LogP contribution in [-0.2, 0) is 29.4 Å². The molecular weight excluding hydrogens is 641 g/mol. The minimum Gasteiger partial charge on any atom is -0.497 e. The number of hydrogen-bond donors (Lipinski definition) is 1. The van der Waals surface area contributed by atoms with E-state index in [2.05, 4.69) is 41.4 Å². The van der Waals surface area contributed by atoms with Crippen LogP contribution in [0.2, 0.25) is 0 Å². The number of nitrogens with one attached hydrogen (secondary N) is 1. The van der Waals surface area contributed by atoms with Gasteiger partial charge in [0.15, 0.2) is 5.16 Å². The quantitative estimate of drug-likeness (QED) is 0.148. The molecule has 2 saturated carbocycles. The molecule has 50 heavy (non-hydrogen) atoms. The number of methoxy groups -OCH3 is 1. The van der Waals surface area contributed by atoms with E-state index < -0.39 is 0 Å². The summed E-state index contributed by atoms with van der Waals surface area (Å²) in [6, 6.07) is 24.6. The van der Waals surface area contributed by atoms with Gasteiger partial charge in [-0.2, -0.15) is 0 Å². The Hall–Kier alpha value is -4.43. The van der Waals surface area contributed by atoms with Crippen LogP contribution in [0.15, 0.2) is 87.5 Å². The Balaban J connectivity index is 1.18. The minimum absolute atomic E-state index is 0.000804. The maximum absolute atomic E-state index is 15.0. The van der Waals surface area contributed by atoms with Crippen LogP contribution in [0.5, 0.6) is 5.75 Å². The molecule has 7 nitrogen and oxygen atoms in total. The molecule has 1 N–H and O–H groups in total. The van der Waals surface area contributed by atoms with Crippen LogP contribution in [0.3, 0.4) is 0 Å². The van der Waals surface area contributed by atoms with Crippen molar-refractivity contribution in [2.45, 2.75) is 98.8 Å². The molecule has 2 spiro atoms. The average molecular weight is 683 g/mol. The molecule has 2 heterocycles. The number of ether oxygens (including phenoxy) is 1. The Morgan fingerprint density at radius 3 is 1.88 bits per heavy atom. The Kier molecular flexibility index (Phi) is 7.83. The van der Waals surface area contributed by atoms with Crippen molar-refractivity contribution in [2.75, 3.05) is 7.11 Å². The first kappa shape index (κ1) is 31.5. The molecule has 4 aliphatic carbocycles. The second-order valence-corrected chi connectivity index (χ2v) is 15.8. The molecule has 2 aromatic heterocycles. The fraction of sp³-hybridized carbons (Fsp3) is 0.381. The van der Waals surface area contributed by atoms with Gasteiger partial charge in [0.2, 0.25) is 0 Å². The number of benzene rings is 3. The van der Waals surface area contributed by atoms with Crippen LogP contribution in [0.1, 0.15) is 92.3 Å². The number of rotatable bonds is 5. The summed E-state index contributed by atoms with van der Waals surface area (Å²) in [7, 11) is 1.65. The number of nitrogens with zero attached hydrogens (tertiary/aromatic N) is 3. The topological polar surface area (TPSA) is 89.9 Å². The zero-order valence-electron chi connectivity index (χ0n) is 28.6. The van der Waals surface area contributed by atoms with Crippen LogP contribution in [0.25, 0.3) is 28.2 Å². The van der Waals surface area contributed by atoms with E-state index >= 15 is 4.79 Å².